The van der Waals surface area contributed by atoms with Gasteiger partial charge in [0.15, 0.2) is 5.65 Å². The summed E-state index contributed by atoms with van der Waals surface area (Å²) < 4.78 is 40.9. The summed E-state index contributed by atoms with van der Waals surface area (Å²) in [5, 5.41) is 26.3. The number of phenols is 1. The number of hydrogen-bond acceptors (Lipinski definition) is 6. The molecule has 0 amide bonds. The van der Waals surface area contributed by atoms with Gasteiger partial charge in [-0.2, -0.15) is 18.3 Å². The number of aliphatic hydroxyl groups excluding tert-OH is 1. The molecule has 3 aromatic rings. The molecule has 1 atom stereocenters. The molecule has 1 unspecified atom stereocenters. The van der Waals surface area contributed by atoms with Gasteiger partial charge in [0.25, 0.3) is 0 Å². The Morgan fingerprint density at radius 1 is 1.13 bits per heavy atom. The lowest BCUT2D eigenvalue weighted by Crippen LogP contribution is -2.33. The van der Waals surface area contributed by atoms with Crippen molar-refractivity contribution in [3.63, 3.8) is 0 Å². The molecule has 1 saturated heterocycles. The molecule has 2 aromatic heterocycles. The van der Waals surface area contributed by atoms with E-state index in [1.165, 1.54) is 18.2 Å². The fourth-order valence-corrected chi connectivity index (χ4v) is 3.99. The quantitative estimate of drug-likeness (QED) is 0.583. The van der Waals surface area contributed by atoms with E-state index in [-0.39, 0.29) is 22.3 Å². The summed E-state index contributed by atoms with van der Waals surface area (Å²) in [7, 11) is 0. The summed E-state index contributed by atoms with van der Waals surface area (Å²) in [6.45, 7) is 5.65. The predicted octanol–water partition coefficient (Wildman–Crippen LogP) is 3.37. The van der Waals surface area contributed by atoms with Gasteiger partial charge in [-0.05, 0) is 49.8 Å². The summed E-state index contributed by atoms with van der Waals surface area (Å²) in [6.07, 6.45) is -5.10. The minimum Gasteiger partial charge on any atom is -0.508 e. The van der Waals surface area contributed by atoms with Crippen molar-refractivity contribution >= 4 is 11.0 Å². The maximum absolute atomic E-state index is 13.6. The molecule has 0 radical (unpaired) electrons. The Bertz CT molecular complexity index is 1050. The zero-order valence-corrected chi connectivity index (χ0v) is 17.0. The summed E-state index contributed by atoms with van der Waals surface area (Å²) in [6, 6.07) is 7.64. The number of likely N-dealkylation sites (N-methyl/N-ethyl adjacent to an activating group) is 1. The Morgan fingerprint density at radius 2 is 1.87 bits per heavy atom. The van der Waals surface area contributed by atoms with Crippen LogP contribution in [0.3, 0.4) is 0 Å². The van der Waals surface area contributed by atoms with Gasteiger partial charge in [0.1, 0.15) is 17.7 Å². The standard InChI is InChI=1S/C21H24F3N5O2/c1-2-28-8-3-9-29(11-10-28)20(31)15-12-16(13-4-6-14(30)7-5-13)25-19-17(15)18(26-27-19)21(22,23)24/h4-7,12,20,30-31H,2-3,8-11H2,1H3,(H,25,26,27). The molecule has 1 aliphatic heterocycles. The maximum Gasteiger partial charge on any atom is 0.433 e. The molecule has 0 spiro atoms. The second kappa shape index (κ2) is 8.45. The van der Waals surface area contributed by atoms with Crippen molar-refractivity contribution in [2.75, 3.05) is 32.7 Å². The van der Waals surface area contributed by atoms with Gasteiger partial charge in [-0.1, -0.05) is 6.92 Å². The average molecular weight is 435 g/mol. The number of alkyl halides is 3. The molecule has 1 aromatic carbocycles. The van der Waals surface area contributed by atoms with Crippen LogP contribution in [0, 0.1) is 0 Å². The van der Waals surface area contributed by atoms with Crippen molar-refractivity contribution in [1.29, 1.82) is 0 Å². The molecule has 10 heteroatoms. The number of fused-ring (bicyclic) bond motifs is 1. The highest BCUT2D eigenvalue weighted by Gasteiger charge is 2.38. The molecule has 0 aliphatic carbocycles. The zero-order valence-electron chi connectivity index (χ0n) is 17.0. The Morgan fingerprint density at radius 3 is 2.55 bits per heavy atom. The highest BCUT2D eigenvalue weighted by Crippen LogP contribution is 2.38. The second-order valence-corrected chi connectivity index (χ2v) is 7.64. The zero-order chi connectivity index (χ0) is 22.2. The molecule has 1 aliphatic rings. The number of nitrogens with one attached hydrogen (secondary N) is 1. The number of aromatic hydroxyl groups is 1. The minimum atomic E-state index is -4.66. The average Bonchev–Trinajstić information content (AvgIpc) is 3.04. The highest BCUT2D eigenvalue weighted by molar-refractivity contribution is 5.85. The molecule has 4 rings (SSSR count). The van der Waals surface area contributed by atoms with E-state index in [4.69, 9.17) is 0 Å². The number of aromatic amines is 1. The second-order valence-electron chi connectivity index (χ2n) is 7.64. The van der Waals surface area contributed by atoms with Crippen LogP contribution < -0.4 is 0 Å². The van der Waals surface area contributed by atoms with Gasteiger partial charge in [0.2, 0.25) is 0 Å². The van der Waals surface area contributed by atoms with Gasteiger partial charge in [0.05, 0.1) is 11.1 Å². The number of aromatic nitrogens is 3. The monoisotopic (exact) mass is 435 g/mol. The molecule has 1 fully saturated rings. The highest BCUT2D eigenvalue weighted by atomic mass is 19.4. The van der Waals surface area contributed by atoms with Crippen LogP contribution in [0.15, 0.2) is 30.3 Å². The van der Waals surface area contributed by atoms with Gasteiger partial charge >= 0.3 is 6.18 Å². The van der Waals surface area contributed by atoms with E-state index < -0.39 is 18.1 Å². The van der Waals surface area contributed by atoms with Gasteiger partial charge in [-0.15, -0.1) is 0 Å². The van der Waals surface area contributed by atoms with Gasteiger partial charge < -0.3 is 15.1 Å². The first kappa shape index (κ1) is 21.5. The van der Waals surface area contributed by atoms with Crippen LogP contribution >= 0.6 is 0 Å². The van der Waals surface area contributed by atoms with E-state index in [9.17, 15) is 23.4 Å². The van der Waals surface area contributed by atoms with Crippen molar-refractivity contribution in [3.05, 3.63) is 41.6 Å². The number of nitrogens with zero attached hydrogens (tertiary/aromatic N) is 4. The number of pyridine rings is 1. The lowest BCUT2D eigenvalue weighted by atomic mass is 10.0. The lowest BCUT2D eigenvalue weighted by Gasteiger charge is -2.27. The van der Waals surface area contributed by atoms with E-state index in [0.29, 0.717) is 24.3 Å². The smallest absolute Gasteiger partial charge is 0.433 e. The number of H-pyrrole nitrogens is 1. The maximum atomic E-state index is 13.6. The number of aliphatic hydroxyl groups is 1. The molecule has 166 valence electrons. The Labute approximate surface area is 177 Å². The molecular weight excluding hydrogens is 411 g/mol. The van der Waals surface area contributed by atoms with Crippen molar-refractivity contribution in [2.45, 2.75) is 25.7 Å². The molecule has 0 saturated carbocycles. The fraction of sp³-hybridized carbons (Fsp3) is 0.429. The SMILES string of the molecule is CCN1CCCN(C(O)c2cc(-c3ccc(O)cc3)nc3n[nH]c(C(F)(F)F)c23)CC1. The number of halogens is 3. The van der Waals surface area contributed by atoms with E-state index in [1.807, 2.05) is 0 Å². The van der Waals surface area contributed by atoms with Crippen molar-refractivity contribution in [1.82, 2.24) is 25.0 Å². The first-order valence-corrected chi connectivity index (χ1v) is 10.2. The van der Waals surface area contributed by atoms with E-state index in [1.54, 1.807) is 17.0 Å². The number of benzene rings is 1. The summed E-state index contributed by atoms with van der Waals surface area (Å²) in [5.74, 6) is 0.0641. The molecule has 3 heterocycles. The van der Waals surface area contributed by atoms with Gasteiger partial charge in [-0.3, -0.25) is 10.00 Å². The van der Waals surface area contributed by atoms with E-state index >= 15 is 0 Å². The van der Waals surface area contributed by atoms with Crippen LogP contribution in [0.1, 0.15) is 30.8 Å². The molecular formula is C21H24F3N5O2. The van der Waals surface area contributed by atoms with E-state index in [0.717, 1.165) is 26.1 Å². The number of hydrogen-bond donors (Lipinski definition) is 3. The molecule has 7 nitrogen and oxygen atoms in total. The normalized spacial score (nSPS) is 17.7. The number of phenolic OH excluding ortho intramolecular Hbond substituents is 1. The first-order chi connectivity index (χ1) is 14.8. The predicted molar refractivity (Wildman–Crippen MR) is 109 cm³/mol. The molecule has 31 heavy (non-hydrogen) atoms. The van der Waals surface area contributed by atoms with Crippen molar-refractivity contribution < 1.29 is 23.4 Å². The van der Waals surface area contributed by atoms with Crippen LogP contribution in [0.2, 0.25) is 0 Å². The van der Waals surface area contributed by atoms with Crippen LogP contribution in [0.25, 0.3) is 22.3 Å². The Hall–Kier alpha value is -2.69. The fourth-order valence-electron chi connectivity index (χ4n) is 3.99. The Balaban J connectivity index is 1.82. The first-order valence-electron chi connectivity index (χ1n) is 10.2. The van der Waals surface area contributed by atoms with Gasteiger partial charge in [-0.25, -0.2) is 4.98 Å². The van der Waals surface area contributed by atoms with Crippen LogP contribution in [-0.4, -0.2) is 67.9 Å². The van der Waals surface area contributed by atoms with Crippen LogP contribution in [-0.2, 0) is 6.18 Å². The minimum absolute atomic E-state index is 0.0641. The third kappa shape index (κ3) is 4.36. The lowest BCUT2D eigenvalue weighted by molar-refractivity contribution is -0.140. The molecule has 3 N–H and O–H groups in total. The largest absolute Gasteiger partial charge is 0.508 e. The van der Waals surface area contributed by atoms with Crippen LogP contribution in [0.5, 0.6) is 5.75 Å². The van der Waals surface area contributed by atoms with Crippen LogP contribution in [0.4, 0.5) is 13.2 Å². The summed E-state index contributed by atoms with van der Waals surface area (Å²) in [5.41, 5.74) is -0.0631. The topological polar surface area (TPSA) is 88.5 Å². The third-order valence-electron chi connectivity index (χ3n) is 5.70. The van der Waals surface area contributed by atoms with Gasteiger partial charge in [0, 0.05) is 30.8 Å². The third-order valence-corrected chi connectivity index (χ3v) is 5.70. The summed E-state index contributed by atoms with van der Waals surface area (Å²) in [4.78, 5) is 8.32. The van der Waals surface area contributed by atoms with Crippen molar-refractivity contribution in [3.8, 4) is 17.0 Å². The summed E-state index contributed by atoms with van der Waals surface area (Å²) >= 11 is 0. The van der Waals surface area contributed by atoms with E-state index in [2.05, 4.69) is 27.0 Å². The number of rotatable bonds is 4. The van der Waals surface area contributed by atoms with Crippen molar-refractivity contribution in [2.24, 2.45) is 0 Å². The Kier molecular flexibility index (Phi) is 5.87. The molecule has 0 bridgehead atoms.